The molecule has 0 aliphatic carbocycles. The predicted octanol–water partition coefficient (Wildman–Crippen LogP) is -0.332. The maximum Gasteiger partial charge on any atom is 0.326 e. The number of guanidine groups is 1. The first kappa shape index (κ1) is 61.3. The summed E-state index contributed by atoms with van der Waals surface area (Å²) in [7, 11) is 0. The van der Waals surface area contributed by atoms with Crippen LogP contribution in [0.4, 0.5) is 0 Å². The highest BCUT2D eigenvalue weighted by atomic mass is 16.4. The van der Waals surface area contributed by atoms with E-state index in [9.17, 15) is 63.6 Å². The summed E-state index contributed by atoms with van der Waals surface area (Å²) in [5.74, 6) is -9.85. The Morgan fingerprint density at radius 3 is 1.69 bits per heavy atom. The number of nitrogens with two attached hydrogens (primary N) is 3. The number of hydrogen-bond acceptors (Lipinski definition) is 13. The van der Waals surface area contributed by atoms with Crippen LogP contribution in [0.3, 0.4) is 0 Å². The van der Waals surface area contributed by atoms with Gasteiger partial charge in [0.1, 0.15) is 53.8 Å². The van der Waals surface area contributed by atoms with Crippen LogP contribution in [-0.2, 0) is 62.4 Å². The first-order chi connectivity index (χ1) is 36.5. The summed E-state index contributed by atoms with van der Waals surface area (Å²) in [5, 5.41) is 55.2. The van der Waals surface area contributed by atoms with Gasteiger partial charge in [-0.25, -0.2) is 4.79 Å². The summed E-state index contributed by atoms with van der Waals surface area (Å²) in [4.78, 5) is 128. The van der Waals surface area contributed by atoms with Crippen molar-refractivity contribution < 1.29 is 63.6 Å². The first-order valence-corrected chi connectivity index (χ1v) is 25.5. The van der Waals surface area contributed by atoms with Gasteiger partial charge in [-0.3, -0.25) is 43.3 Å². The minimum absolute atomic E-state index is 0.0150. The summed E-state index contributed by atoms with van der Waals surface area (Å²) in [6.45, 7) is 6.85. The van der Waals surface area contributed by atoms with Gasteiger partial charge in [-0.05, 0) is 78.5 Å². The summed E-state index contributed by atoms with van der Waals surface area (Å²) in [6, 6.07) is 9.67. The Kier molecular flexibility index (Phi) is 23.6. The molecule has 0 radical (unpaired) electrons. The molecular weight excluding hydrogens is 999 g/mol. The lowest BCUT2D eigenvalue weighted by atomic mass is 9.95. The molecule has 0 spiro atoms. The summed E-state index contributed by atoms with van der Waals surface area (Å²) >= 11 is 0. The number of carbonyl (C=O) groups is 9. The van der Waals surface area contributed by atoms with Gasteiger partial charge >= 0.3 is 11.9 Å². The molecule has 24 nitrogen and oxygen atoms in total. The van der Waals surface area contributed by atoms with Gasteiger partial charge in [-0.1, -0.05) is 88.7 Å². The summed E-state index contributed by atoms with van der Waals surface area (Å²) in [6.07, 6.45) is -0.0403. The van der Waals surface area contributed by atoms with Crippen LogP contribution in [-0.4, -0.2) is 146 Å². The second-order valence-electron chi connectivity index (χ2n) is 19.5. The van der Waals surface area contributed by atoms with Crippen LogP contribution in [0.25, 0.3) is 0 Å². The quantitative estimate of drug-likeness (QED) is 0.0240. The lowest BCUT2D eigenvalue weighted by Gasteiger charge is -2.32. The highest BCUT2D eigenvalue weighted by Crippen LogP contribution is 2.22. The van der Waals surface area contributed by atoms with E-state index in [1.54, 1.807) is 70.2 Å². The number of aromatic hydroxyl groups is 2. The average Bonchev–Trinajstić information content (AvgIpc) is 3.88. The molecule has 3 aromatic rings. The number of likely N-dealkylation sites (tertiary alicyclic amines) is 1. The maximum absolute atomic E-state index is 14.7. The molecule has 1 heterocycles. The zero-order chi connectivity index (χ0) is 56.9. The molecule has 1 aliphatic rings. The lowest BCUT2D eigenvalue weighted by molar-refractivity contribution is -0.145. The topological polar surface area (TPSA) is 400 Å². The number of aliphatic carboxylic acids is 2. The van der Waals surface area contributed by atoms with Gasteiger partial charge < -0.3 is 74.4 Å². The lowest BCUT2D eigenvalue weighted by Crippen LogP contribution is -2.62. The third-order valence-corrected chi connectivity index (χ3v) is 13.1. The third kappa shape index (κ3) is 19.4. The number of nitrogens with zero attached hydrogens (tertiary/aromatic N) is 2. The Balaban J connectivity index is 1.62. The van der Waals surface area contributed by atoms with Crippen LogP contribution < -0.4 is 49.1 Å². The van der Waals surface area contributed by atoms with E-state index in [4.69, 9.17) is 17.2 Å². The number of amides is 7. The number of rotatable bonds is 29. The minimum atomic E-state index is -1.52. The number of carbonyl (C=O) groups excluding carboxylic acids is 7. The van der Waals surface area contributed by atoms with Crippen molar-refractivity contribution in [3.63, 3.8) is 0 Å². The normalized spacial score (nSPS) is 16.2. The Bertz CT molecular complexity index is 2540. The van der Waals surface area contributed by atoms with Crippen molar-refractivity contribution >= 4 is 59.2 Å². The van der Waals surface area contributed by atoms with Crippen LogP contribution in [0.5, 0.6) is 11.5 Å². The van der Waals surface area contributed by atoms with E-state index in [-0.39, 0.29) is 69.1 Å². The second-order valence-corrected chi connectivity index (χ2v) is 19.5. The number of carboxylic acids is 2. The fourth-order valence-electron chi connectivity index (χ4n) is 8.57. The van der Waals surface area contributed by atoms with Crippen molar-refractivity contribution in [2.45, 2.75) is 134 Å². The van der Waals surface area contributed by atoms with Crippen molar-refractivity contribution in [2.75, 3.05) is 13.1 Å². The molecule has 1 saturated heterocycles. The van der Waals surface area contributed by atoms with Crippen molar-refractivity contribution in [1.82, 2.24) is 36.8 Å². The Morgan fingerprint density at radius 1 is 0.636 bits per heavy atom. The molecule has 1 aliphatic heterocycles. The van der Waals surface area contributed by atoms with Crippen molar-refractivity contribution in [3.05, 3.63) is 95.6 Å². The van der Waals surface area contributed by atoms with E-state index in [1.165, 1.54) is 41.3 Å². The number of aliphatic imine (C=N–C) groups is 1. The fraction of sp³-hybridized carbons (Fsp3) is 0.472. The van der Waals surface area contributed by atoms with E-state index in [2.05, 4.69) is 36.9 Å². The summed E-state index contributed by atoms with van der Waals surface area (Å²) in [5.41, 5.74) is 18.3. The van der Waals surface area contributed by atoms with Gasteiger partial charge in [0, 0.05) is 32.4 Å². The van der Waals surface area contributed by atoms with Crippen LogP contribution in [0.2, 0.25) is 0 Å². The molecule has 0 saturated carbocycles. The fourth-order valence-corrected chi connectivity index (χ4v) is 8.57. The molecule has 77 heavy (non-hydrogen) atoms. The van der Waals surface area contributed by atoms with Gasteiger partial charge in [0.2, 0.25) is 41.4 Å². The predicted molar refractivity (Wildman–Crippen MR) is 282 cm³/mol. The number of carboxylic acid groups (broad SMARTS) is 2. The second kappa shape index (κ2) is 29.7. The largest absolute Gasteiger partial charge is 0.508 e. The Morgan fingerprint density at radius 2 is 1.14 bits per heavy atom. The minimum Gasteiger partial charge on any atom is -0.508 e. The molecule has 16 N–H and O–H groups in total. The first-order valence-electron chi connectivity index (χ1n) is 25.5. The van der Waals surface area contributed by atoms with Gasteiger partial charge in [0.15, 0.2) is 5.96 Å². The molecule has 7 amide bonds. The number of benzene rings is 3. The molecule has 1 fully saturated rings. The highest BCUT2D eigenvalue weighted by molar-refractivity contribution is 5.98. The molecule has 0 aromatic heterocycles. The van der Waals surface area contributed by atoms with E-state index >= 15 is 0 Å². The molecule has 418 valence electrons. The summed E-state index contributed by atoms with van der Waals surface area (Å²) < 4.78 is 0. The SMILES string of the molecule is CC[C@H](C)[C@H](NC(=O)[C@H](Cc1ccc(O)cc1)NC(=O)[C@@H](NC(=O)[C@H](CCCN=C(N)N)NC(=O)[C@@H](N)CC(=O)O)C(C)C)C(=O)N[C@@H](Cc1ccc(O)cc1)C(=O)N1CCC[C@H]1C(=O)N[C@@H](Cc1ccccc1)C(=O)O. The molecular formula is C53H73N11O13. The van der Waals surface area contributed by atoms with Gasteiger partial charge in [-0.15, -0.1) is 0 Å². The van der Waals surface area contributed by atoms with Gasteiger partial charge in [0.25, 0.3) is 0 Å². The number of phenols is 2. The monoisotopic (exact) mass is 1070 g/mol. The average molecular weight is 1070 g/mol. The maximum atomic E-state index is 14.7. The van der Waals surface area contributed by atoms with E-state index < -0.39 is 120 Å². The van der Waals surface area contributed by atoms with E-state index in [0.717, 1.165) is 0 Å². The van der Waals surface area contributed by atoms with Crippen molar-refractivity contribution in [3.8, 4) is 11.5 Å². The highest BCUT2D eigenvalue weighted by Gasteiger charge is 2.41. The molecule has 9 atom stereocenters. The smallest absolute Gasteiger partial charge is 0.326 e. The van der Waals surface area contributed by atoms with Crippen LogP contribution in [0.1, 0.15) is 82.9 Å². The zero-order valence-electron chi connectivity index (χ0n) is 43.6. The van der Waals surface area contributed by atoms with Crippen LogP contribution >= 0.6 is 0 Å². The van der Waals surface area contributed by atoms with Crippen LogP contribution in [0.15, 0.2) is 83.9 Å². The standard InChI is InChI=1S/C53H73N11O13/c1-5-30(4)44(50(74)60-39(26-33-17-21-35(66)22-18-33)51(75)64-24-10-14-41(64)48(72)61-40(52(76)77)27-31-11-7-6-8-12-31)63-47(71)38(25-32-15-19-34(65)20-16-32)59-49(73)43(29(2)3)62-46(70)37(13-9-23-57-53(55)56)58-45(69)36(54)28-42(67)68/h6-8,11-12,15-22,29-30,36-41,43-44,65-66H,5,9-10,13-14,23-28,54H2,1-4H3,(H,58,69)(H,59,73)(H,60,74)(H,61,72)(H,62,70)(H,63,71)(H,67,68)(H,76,77)(H4,55,56,57)/t30-,36-,37-,38-,39-,40-,41-,43-,44-/m0/s1. The molecule has 24 heteroatoms. The molecule has 4 rings (SSSR count). The van der Waals surface area contributed by atoms with Gasteiger partial charge in [0.05, 0.1) is 12.5 Å². The van der Waals surface area contributed by atoms with Crippen molar-refractivity contribution in [1.29, 1.82) is 0 Å². The number of nitrogens with one attached hydrogen (secondary N) is 6. The Hall–Kier alpha value is -8.28. The number of hydrogen-bond donors (Lipinski definition) is 13. The molecule has 0 bridgehead atoms. The number of phenolic OH excluding ortho intramolecular Hbond substituents is 2. The molecule has 0 unspecified atom stereocenters. The van der Waals surface area contributed by atoms with Gasteiger partial charge in [-0.2, -0.15) is 0 Å². The Labute approximate surface area is 446 Å². The van der Waals surface area contributed by atoms with E-state index in [0.29, 0.717) is 29.5 Å². The third-order valence-electron chi connectivity index (χ3n) is 13.1. The molecule has 3 aromatic carbocycles. The van der Waals surface area contributed by atoms with Crippen molar-refractivity contribution in [2.24, 2.45) is 34.0 Å². The van der Waals surface area contributed by atoms with E-state index in [1.807, 2.05) is 0 Å². The zero-order valence-corrected chi connectivity index (χ0v) is 43.6. The van der Waals surface area contributed by atoms with Crippen LogP contribution in [0, 0.1) is 11.8 Å².